The summed E-state index contributed by atoms with van der Waals surface area (Å²) in [5.74, 6) is 0.376. The molecule has 0 aliphatic heterocycles. The fraction of sp³-hybridized carbons (Fsp3) is 0.0435. The molecular formula is C23H17ClN4O3S. The summed E-state index contributed by atoms with van der Waals surface area (Å²) in [6, 6.07) is 17.5. The van der Waals surface area contributed by atoms with Crippen LogP contribution >= 0.6 is 23.4 Å². The normalized spacial score (nSPS) is 11.5. The van der Waals surface area contributed by atoms with Crippen molar-refractivity contribution >= 4 is 52.5 Å². The summed E-state index contributed by atoms with van der Waals surface area (Å²) in [7, 11) is 0. The zero-order valence-electron chi connectivity index (χ0n) is 16.6. The number of hydrazone groups is 1. The summed E-state index contributed by atoms with van der Waals surface area (Å²) >= 11 is 7.14. The Morgan fingerprint density at radius 2 is 1.97 bits per heavy atom. The van der Waals surface area contributed by atoms with E-state index < -0.39 is 0 Å². The van der Waals surface area contributed by atoms with Crippen molar-refractivity contribution in [1.29, 1.82) is 0 Å². The zero-order valence-corrected chi connectivity index (χ0v) is 18.2. The van der Waals surface area contributed by atoms with Crippen LogP contribution < -0.4 is 11.0 Å². The number of carbonyl (C=O) groups excluding carboxylic acids is 1. The molecule has 0 radical (unpaired) electrons. The molecule has 2 aromatic carbocycles. The van der Waals surface area contributed by atoms with E-state index in [1.807, 2.05) is 6.07 Å². The van der Waals surface area contributed by atoms with Crippen molar-refractivity contribution in [3.8, 4) is 5.69 Å². The van der Waals surface area contributed by atoms with Gasteiger partial charge in [0.25, 0.3) is 11.5 Å². The first kappa shape index (κ1) is 21.6. The number of thioether (sulfide) groups is 1. The summed E-state index contributed by atoms with van der Waals surface area (Å²) < 4.78 is 6.64. The molecule has 0 atom stereocenters. The summed E-state index contributed by atoms with van der Waals surface area (Å²) in [4.78, 5) is 30.0. The summed E-state index contributed by atoms with van der Waals surface area (Å²) in [5.41, 5.74) is 3.40. The number of aromatic nitrogens is 2. The Bertz CT molecular complexity index is 1350. The molecule has 1 amide bonds. The molecule has 160 valence electrons. The lowest BCUT2D eigenvalue weighted by atomic mass is 10.2. The van der Waals surface area contributed by atoms with Crippen LogP contribution in [0.3, 0.4) is 0 Å². The van der Waals surface area contributed by atoms with Crippen LogP contribution in [0.5, 0.6) is 0 Å². The summed E-state index contributed by atoms with van der Waals surface area (Å²) in [6.07, 6.45) is 6.38. The molecule has 2 heterocycles. The number of hydrogen-bond acceptors (Lipinski definition) is 6. The van der Waals surface area contributed by atoms with Gasteiger partial charge in [-0.3, -0.25) is 14.2 Å². The van der Waals surface area contributed by atoms with Crippen LogP contribution in [0.4, 0.5) is 0 Å². The van der Waals surface area contributed by atoms with Crippen molar-refractivity contribution in [2.45, 2.75) is 5.16 Å². The van der Waals surface area contributed by atoms with Gasteiger partial charge in [-0.1, -0.05) is 35.5 Å². The van der Waals surface area contributed by atoms with E-state index >= 15 is 0 Å². The van der Waals surface area contributed by atoms with Gasteiger partial charge < -0.3 is 4.42 Å². The van der Waals surface area contributed by atoms with E-state index in [2.05, 4.69) is 15.5 Å². The molecule has 32 heavy (non-hydrogen) atoms. The standard InChI is InChI=1S/C23H17ClN4O3S/c24-16-9-11-17(12-10-16)28-22(30)19-7-1-2-8-20(19)26-23(28)32-15-21(29)27-25-13-3-5-18-6-4-14-31-18/h1-14H,15H2,(H,27,29)/b5-3+,25-13+. The Morgan fingerprint density at radius 1 is 1.16 bits per heavy atom. The molecule has 0 bridgehead atoms. The van der Waals surface area contributed by atoms with Crippen molar-refractivity contribution in [3.05, 3.63) is 94.1 Å². The highest BCUT2D eigenvalue weighted by Crippen LogP contribution is 2.22. The van der Waals surface area contributed by atoms with Gasteiger partial charge in [0.1, 0.15) is 5.76 Å². The van der Waals surface area contributed by atoms with Gasteiger partial charge in [0.15, 0.2) is 5.16 Å². The van der Waals surface area contributed by atoms with E-state index in [4.69, 9.17) is 16.0 Å². The van der Waals surface area contributed by atoms with Crippen molar-refractivity contribution < 1.29 is 9.21 Å². The van der Waals surface area contributed by atoms with Crippen LogP contribution in [0.25, 0.3) is 22.7 Å². The third kappa shape index (κ3) is 5.16. The number of halogens is 1. The number of allylic oxidation sites excluding steroid dienone is 1. The lowest BCUT2D eigenvalue weighted by molar-refractivity contribution is -0.118. The Kier molecular flexibility index (Phi) is 6.84. The monoisotopic (exact) mass is 464 g/mol. The lowest BCUT2D eigenvalue weighted by Gasteiger charge is -2.13. The van der Waals surface area contributed by atoms with Crippen molar-refractivity contribution in [3.63, 3.8) is 0 Å². The molecule has 0 spiro atoms. The van der Waals surface area contributed by atoms with E-state index in [0.717, 1.165) is 11.8 Å². The van der Waals surface area contributed by atoms with Gasteiger partial charge in [0.2, 0.25) is 0 Å². The number of hydrogen-bond donors (Lipinski definition) is 1. The Balaban J connectivity index is 1.51. The molecule has 1 N–H and O–H groups in total. The number of benzene rings is 2. The highest BCUT2D eigenvalue weighted by molar-refractivity contribution is 7.99. The van der Waals surface area contributed by atoms with Crippen LogP contribution in [-0.2, 0) is 4.79 Å². The SMILES string of the molecule is O=C(CSc1nc2ccccc2c(=O)n1-c1ccc(Cl)cc1)N/N=C/C=C/c1ccco1. The van der Waals surface area contributed by atoms with Gasteiger partial charge in [-0.2, -0.15) is 5.10 Å². The molecule has 0 fully saturated rings. The molecule has 4 rings (SSSR count). The van der Waals surface area contributed by atoms with Gasteiger partial charge in [0.05, 0.1) is 28.6 Å². The van der Waals surface area contributed by atoms with Crippen molar-refractivity contribution in [2.24, 2.45) is 5.10 Å². The van der Waals surface area contributed by atoms with Crippen LogP contribution in [0.2, 0.25) is 5.02 Å². The quantitative estimate of drug-likeness (QED) is 0.188. The molecule has 0 unspecified atom stereocenters. The largest absolute Gasteiger partial charge is 0.465 e. The van der Waals surface area contributed by atoms with Crippen molar-refractivity contribution in [1.82, 2.24) is 15.0 Å². The third-order valence-electron chi connectivity index (χ3n) is 4.32. The first-order valence-electron chi connectivity index (χ1n) is 9.54. The molecule has 9 heteroatoms. The number of amides is 1. The number of carbonyl (C=O) groups is 1. The number of nitrogens with zero attached hydrogens (tertiary/aromatic N) is 3. The van der Waals surface area contributed by atoms with Gasteiger partial charge in [-0.25, -0.2) is 10.4 Å². The fourth-order valence-corrected chi connectivity index (χ4v) is 3.80. The zero-order chi connectivity index (χ0) is 22.3. The molecule has 0 saturated carbocycles. The maximum absolute atomic E-state index is 13.2. The van der Waals surface area contributed by atoms with Gasteiger partial charge in [-0.15, -0.1) is 0 Å². The second-order valence-corrected chi connectivity index (χ2v) is 7.88. The van der Waals surface area contributed by atoms with Gasteiger partial charge >= 0.3 is 0 Å². The maximum Gasteiger partial charge on any atom is 0.266 e. The number of para-hydroxylation sites is 1. The predicted octanol–water partition coefficient (Wildman–Crippen LogP) is 4.54. The topological polar surface area (TPSA) is 89.5 Å². The first-order chi connectivity index (χ1) is 15.6. The maximum atomic E-state index is 13.2. The number of furan rings is 1. The highest BCUT2D eigenvalue weighted by Gasteiger charge is 2.14. The number of fused-ring (bicyclic) bond motifs is 1. The Morgan fingerprint density at radius 3 is 2.75 bits per heavy atom. The minimum absolute atomic E-state index is 0.0254. The second kappa shape index (κ2) is 10.1. The first-order valence-corrected chi connectivity index (χ1v) is 10.9. The summed E-state index contributed by atoms with van der Waals surface area (Å²) in [5, 5.41) is 5.32. The predicted molar refractivity (Wildman–Crippen MR) is 127 cm³/mol. The van der Waals surface area contributed by atoms with Crippen LogP contribution in [0.1, 0.15) is 5.76 Å². The lowest BCUT2D eigenvalue weighted by Crippen LogP contribution is -2.24. The van der Waals surface area contributed by atoms with E-state index in [9.17, 15) is 9.59 Å². The molecule has 0 aliphatic carbocycles. The van der Waals surface area contributed by atoms with E-state index in [0.29, 0.717) is 32.5 Å². The van der Waals surface area contributed by atoms with E-state index in [1.165, 1.54) is 10.8 Å². The molecule has 0 aliphatic rings. The van der Waals surface area contributed by atoms with Crippen LogP contribution in [-0.4, -0.2) is 27.4 Å². The second-order valence-electron chi connectivity index (χ2n) is 6.50. The van der Waals surface area contributed by atoms with Gasteiger partial charge in [0, 0.05) is 11.2 Å². The molecule has 4 aromatic rings. The van der Waals surface area contributed by atoms with E-state index in [-0.39, 0.29) is 17.2 Å². The molecule has 0 saturated heterocycles. The van der Waals surface area contributed by atoms with E-state index in [1.54, 1.807) is 73.0 Å². The minimum atomic E-state index is -0.331. The summed E-state index contributed by atoms with van der Waals surface area (Å²) in [6.45, 7) is 0. The number of nitrogens with one attached hydrogen (secondary N) is 1. The third-order valence-corrected chi connectivity index (χ3v) is 5.51. The molecule has 7 nitrogen and oxygen atoms in total. The highest BCUT2D eigenvalue weighted by atomic mass is 35.5. The van der Waals surface area contributed by atoms with Crippen LogP contribution in [0.15, 0.2) is 92.5 Å². The number of rotatable bonds is 7. The average molecular weight is 465 g/mol. The smallest absolute Gasteiger partial charge is 0.266 e. The fourth-order valence-electron chi connectivity index (χ4n) is 2.87. The van der Waals surface area contributed by atoms with Crippen molar-refractivity contribution in [2.75, 3.05) is 5.75 Å². The molecule has 2 aromatic heterocycles. The Labute approximate surface area is 192 Å². The van der Waals surface area contributed by atoms with Crippen LogP contribution in [0, 0.1) is 0 Å². The van der Waals surface area contributed by atoms with Gasteiger partial charge in [-0.05, 0) is 60.7 Å². The Hall–Kier alpha value is -3.62. The minimum Gasteiger partial charge on any atom is -0.465 e. The average Bonchev–Trinajstić information content (AvgIpc) is 3.32. The molecular weight excluding hydrogens is 448 g/mol.